The first-order valence-electron chi connectivity index (χ1n) is 11.2. The Bertz CT molecular complexity index is 868. The number of piperidine rings is 1. The van der Waals surface area contributed by atoms with Gasteiger partial charge in [-0.05, 0) is 70.3 Å². The Balaban J connectivity index is 1.38. The molecule has 0 bridgehead atoms. The summed E-state index contributed by atoms with van der Waals surface area (Å²) in [6, 6.07) is 12.6. The van der Waals surface area contributed by atoms with Crippen molar-refractivity contribution < 1.29 is 9.53 Å². The topological polar surface area (TPSA) is 54.5 Å². The second kappa shape index (κ2) is 9.71. The van der Waals surface area contributed by atoms with Crippen LogP contribution in [-0.4, -0.2) is 48.1 Å². The van der Waals surface area contributed by atoms with Crippen molar-refractivity contribution in [1.29, 1.82) is 0 Å². The molecule has 2 aliphatic heterocycles. The third-order valence-electron chi connectivity index (χ3n) is 6.29. The van der Waals surface area contributed by atoms with Crippen molar-refractivity contribution in [2.45, 2.75) is 58.1 Å². The Labute approximate surface area is 179 Å². The highest BCUT2D eigenvalue weighted by Gasteiger charge is 2.26. The van der Waals surface area contributed by atoms with Gasteiger partial charge in [0.15, 0.2) is 0 Å². The Morgan fingerprint density at radius 2 is 2.00 bits per heavy atom. The van der Waals surface area contributed by atoms with Crippen LogP contribution in [0.5, 0.6) is 0 Å². The highest BCUT2D eigenvalue weighted by Crippen LogP contribution is 2.30. The van der Waals surface area contributed by atoms with Crippen LogP contribution in [-0.2, 0) is 11.3 Å². The minimum Gasteiger partial charge on any atom is -0.376 e. The highest BCUT2D eigenvalue weighted by molar-refractivity contribution is 5.95. The Hall–Kier alpha value is -2.24. The first kappa shape index (κ1) is 21.0. The molecule has 0 spiro atoms. The fourth-order valence-corrected chi connectivity index (χ4v) is 4.62. The maximum Gasteiger partial charge on any atom is 0.253 e. The average molecular weight is 408 g/mol. The number of aromatic nitrogens is 1. The van der Waals surface area contributed by atoms with Gasteiger partial charge >= 0.3 is 0 Å². The van der Waals surface area contributed by atoms with Crippen LogP contribution >= 0.6 is 0 Å². The molecule has 30 heavy (non-hydrogen) atoms. The van der Waals surface area contributed by atoms with Gasteiger partial charge in [-0.25, -0.2) is 0 Å². The van der Waals surface area contributed by atoms with Crippen LogP contribution in [0.25, 0.3) is 0 Å². The van der Waals surface area contributed by atoms with Crippen LogP contribution in [0.3, 0.4) is 0 Å². The van der Waals surface area contributed by atoms with E-state index in [0.717, 1.165) is 68.9 Å². The number of amides is 1. The molecule has 2 fully saturated rings. The van der Waals surface area contributed by atoms with E-state index in [2.05, 4.69) is 41.4 Å². The van der Waals surface area contributed by atoms with Gasteiger partial charge in [-0.2, -0.15) is 0 Å². The van der Waals surface area contributed by atoms with E-state index in [1.54, 1.807) is 0 Å². The normalized spacial score (nSPS) is 20.4. The molecular weight excluding hydrogens is 374 g/mol. The van der Waals surface area contributed by atoms with Gasteiger partial charge in [-0.1, -0.05) is 29.8 Å². The van der Waals surface area contributed by atoms with E-state index in [1.165, 1.54) is 11.1 Å². The minimum absolute atomic E-state index is 0.0183. The number of nitrogens with zero attached hydrogens (tertiary/aromatic N) is 2. The summed E-state index contributed by atoms with van der Waals surface area (Å²) < 4.78 is 5.64. The molecule has 5 heteroatoms. The van der Waals surface area contributed by atoms with Gasteiger partial charge in [0.25, 0.3) is 5.91 Å². The summed E-state index contributed by atoms with van der Waals surface area (Å²) in [6.45, 7) is 8.59. The molecule has 0 aliphatic carbocycles. The zero-order valence-electron chi connectivity index (χ0n) is 18.2. The van der Waals surface area contributed by atoms with Crippen molar-refractivity contribution in [3.8, 4) is 0 Å². The van der Waals surface area contributed by atoms with E-state index in [0.29, 0.717) is 12.5 Å². The summed E-state index contributed by atoms with van der Waals surface area (Å²) in [5.41, 5.74) is 5.36. The first-order chi connectivity index (χ1) is 14.6. The van der Waals surface area contributed by atoms with Crippen LogP contribution in [0.1, 0.15) is 64.5 Å². The van der Waals surface area contributed by atoms with Crippen LogP contribution in [0.4, 0.5) is 0 Å². The van der Waals surface area contributed by atoms with Crippen LogP contribution in [0.2, 0.25) is 0 Å². The molecule has 160 valence electrons. The molecule has 1 aromatic carbocycles. The zero-order valence-corrected chi connectivity index (χ0v) is 18.2. The number of hydrogen-bond acceptors (Lipinski definition) is 4. The largest absolute Gasteiger partial charge is 0.376 e. The molecule has 1 unspecified atom stereocenters. The lowest BCUT2D eigenvalue weighted by molar-refractivity contribution is 0.0855. The molecule has 1 N–H and O–H groups in total. The number of carbonyl (C=O) groups excluding carboxylic acids is 1. The summed E-state index contributed by atoms with van der Waals surface area (Å²) in [5, 5.41) is 3.07. The van der Waals surface area contributed by atoms with E-state index in [4.69, 9.17) is 9.72 Å². The van der Waals surface area contributed by atoms with Crippen molar-refractivity contribution in [3.05, 3.63) is 64.5 Å². The van der Waals surface area contributed by atoms with Gasteiger partial charge in [0.2, 0.25) is 0 Å². The van der Waals surface area contributed by atoms with Gasteiger partial charge in [0, 0.05) is 31.3 Å². The molecule has 4 rings (SSSR count). The number of nitrogens with one attached hydrogen (secondary N) is 1. The number of carbonyl (C=O) groups is 1. The molecule has 3 heterocycles. The highest BCUT2D eigenvalue weighted by atomic mass is 16.5. The van der Waals surface area contributed by atoms with E-state index in [-0.39, 0.29) is 12.0 Å². The second-order valence-corrected chi connectivity index (χ2v) is 8.77. The quantitative estimate of drug-likeness (QED) is 0.787. The number of likely N-dealkylation sites (tertiary alicyclic amines) is 1. The lowest BCUT2D eigenvalue weighted by Crippen LogP contribution is -2.35. The Morgan fingerprint density at radius 3 is 2.73 bits per heavy atom. The Kier molecular flexibility index (Phi) is 6.80. The number of aryl methyl sites for hydroxylation is 2. The molecule has 1 amide bonds. The fraction of sp³-hybridized carbons (Fsp3) is 0.520. The van der Waals surface area contributed by atoms with Crippen molar-refractivity contribution in [3.63, 3.8) is 0 Å². The van der Waals surface area contributed by atoms with Crippen LogP contribution < -0.4 is 5.32 Å². The van der Waals surface area contributed by atoms with E-state index in [9.17, 15) is 4.79 Å². The number of rotatable bonds is 6. The fourth-order valence-electron chi connectivity index (χ4n) is 4.62. The van der Waals surface area contributed by atoms with Gasteiger partial charge in [-0.15, -0.1) is 0 Å². The van der Waals surface area contributed by atoms with E-state index < -0.39 is 0 Å². The van der Waals surface area contributed by atoms with E-state index in [1.807, 2.05) is 19.1 Å². The standard InChI is InChI=1S/C25H33N3O2/c1-18-5-3-6-20(15-18)17-28-12-10-21(11-13-28)24-23(9-8-19(2)27-24)25(29)26-16-22-7-4-14-30-22/h3,5-6,8-9,15,21-22H,4,7,10-14,16-17H2,1-2H3,(H,26,29). The molecule has 1 aromatic heterocycles. The molecule has 2 saturated heterocycles. The first-order valence-corrected chi connectivity index (χ1v) is 11.2. The molecular formula is C25H33N3O2. The molecule has 2 aliphatic rings. The number of hydrogen-bond donors (Lipinski definition) is 1. The van der Waals surface area contributed by atoms with Crippen molar-refractivity contribution in [2.24, 2.45) is 0 Å². The predicted octanol–water partition coefficient (Wildman–Crippen LogP) is 3.99. The van der Waals surface area contributed by atoms with Crippen molar-refractivity contribution in [2.75, 3.05) is 26.2 Å². The maximum absolute atomic E-state index is 12.9. The van der Waals surface area contributed by atoms with Gasteiger partial charge in [0.1, 0.15) is 0 Å². The number of ether oxygens (including phenoxy) is 1. The van der Waals surface area contributed by atoms with Gasteiger partial charge < -0.3 is 10.1 Å². The smallest absolute Gasteiger partial charge is 0.253 e. The summed E-state index contributed by atoms with van der Waals surface area (Å²) in [7, 11) is 0. The molecule has 5 nitrogen and oxygen atoms in total. The average Bonchev–Trinajstić information content (AvgIpc) is 3.26. The third-order valence-corrected chi connectivity index (χ3v) is 6.29. The third kappa shape index (κ3) is 5.27. The number of benzene rings is 1. The van der Waals surface area contributed by atoms with Crippen molar-refractivity contribution >= 4 is 5.91 Å². The van der Waals surface area contributed by atoms with Gasteiger partial charge in [0.05, 0.1) is 17.4 Å². The Morgan fingerprint density at radius 1 is 1.17 bits per heavy atom. The maximum atomic E-state index is 12.9. The summed E-state index contributed by atoms with van der Waals surface area (Å²) >= 11 is 0. The number of pyridine rings is 1. The predicted molar refractivity (Wildman–Crippen MR) is 119 cm³/mol. The lowest BCUT2D eigenvalue weighted by Gasteiger charge is -2.32. The lowest BCUT2D eigenvalue weighted by atomic mass is 9.89. The van der Waals surface area contributed by atoms with Crippen LogP contribution in [0.15, 0.2) is 36.4 Å². The van der Waals surface area contributed by atoms with Crippen LogP contribution in [0, 0.1) is 13.8 Å². The zero-order chi connectivity index (χ0) is 20.9. The SMILES string of the molecule is Cc1cccc(CN2CCC(c3nc(C)ccc3C(=O)NCC3CCCO3)CC2)c1. The minimum atomic E-state index is -0.0183. The summed E-state index contributed by atoms with van der Waals surface area (Å²) in [5.74, 6) is 0.317. The van der Waals surface area contributed by atoms with E-state index >= 15 is 0 Å². The molecule has 0 saturated carbocycles. The molecule has 0 radical (unpaired) electrons. The molecule has 2 aromatic rings. The summed E-state index contributed by atoms with van der Waals surface area (Å²) in [4.78, 5) is 20.2. The summed E-state index contributed by atoms with van der Waals surface area (Å²) in [6.07, 6.45) is 4.33. The second-order valence-electron chi connectivity index (χ2n) is 8.77. The van der Waals surface area contributed by atoms with Gasteiger partial charge in [-0.3, -0.25) is 14.7 Å². The van der Waals surface area contributed by atoms with Crippen molar-refractivity contribution in [1.82, 2.24) is 15.2 Å². The monoisotopic (exact) mass is 407 g/mol. The molecule has 1 atom stereocenters.